The highest BCUT2D eigenvalue weighted by Gasteiger charge is 2.22. The van der Waals surface area contributed by atoms with E-state index in [1.54, 1.807) is 7.11 Å². The van der Waals surface area contributed by atoms with E-state index in [1.807, 2.05) is 18.9 Å². The van der Waals surface area contributed by atoms with Crippen molar-refractivity contribution in [1.29, 1.82) is 0 Å². The van der Waals surface area contributed by atoms with Gasteiger partial charge in [0, 0.05) is 25.7 Å². The summed E-state index contributed by atoms with van der Waals surface area (Å²) < 4.78 is 4.92. The molecular formula is C16H27N3O2. The third-order valence-corrected chi connectivity index (χ3v) is 3.41. The number of hydrogen-bond donors (Lipinski definition) is 2. The van der Waals surface area contributed by atoms with E-state index in [-0.39, 0.29) is 18.0 Å². The number of nitrogens with zero attached hydrogens (tertiary/aromatic N) is 1. The first kappa shape index (κ1) is 17.6. The van der Waals surface area contributed by atoms with Gasteiger partial charge in [0.05, 0.1) is 13.2 Å². The summed E-state index contributed by atoms with van der Waals surface area (Å²) in [6, 6.07) is 8.23. The van der Waals surface area contributed by atoms with Crippen LogP contribution in [-0.4, -0.2) is 50.7 Å². The van der Waals surface area contributed by atoms with Crippen molar-refractivity contribution in [3.63, 3.8) is 0 Å². The van der Waals surface area contributed by atoms with E-state index in [2.05, 4.69) is 36.5 Å². The Hall–Kier alpha value is -1.43. The van der Waals surface area contributed by atoms with Crippen molar-refractivity contribution in [2.75, 3.05) is 33.9 Å². The minimum Gasteiger partial charge on any atom is -0.383 e. The molecule has 3 N–H and O–H groups in total. The molecule has 1 aromatic carbocycles. The zero-order chi connectivity index (χ0) is 15.8. The number of carbonyl (C=O) groups is 1. The number of benzene rings is 1. The maximum atomic E-state index is 11.9. The number of likely N-dealkylation sites (N-methyl/N-ethyl adjacent to an activating group) is 1. The van der Waals surface area contributed by atoms with Gasteiger partial charge in [-0.25, -0.2) is 0 Å². The Bertz CT molecular complexity index is 432. The van der Waals surface area contributed by atoms with E-state index in [4.69, 9.17) is 10.5 Å². The summed E-state index contributed by atoms with van der Waals surface area (Å²) in [4.78, 5) is 13.9. The summed E-state index contributed by atoms with van der Waals surface area (Å²) in [5, 5.41) is 2.82. The van der Waals surface area contributed by atoms with Crippen LogP contribution in [0, 0.1) is 6.92 Å². The third kappa shape index (κ3) is 5.83. The Kier molecular flexibility index (Phi) is 7.36. The lowest BCUT2D eigenvalue weighted by molar-refractivity contribution is -0.122. The van der Waals surface area contributed by atoms with Crippen LogP contribution in [0.5, 0.6) is 0 Å². The fourth-order valence-corrected chi connectivity index (χ4v) is 2.40. The number of hydrogen-bond acceptors (Lipinski definition) is 4. The first-order valence-electron chi connectivity index (χ1n) is 7.23. The van der Waals surface area contributed by atoms with Crippen LogP contribution in [0.1, 0.15) is 24.1 Å². The van der Waals surface area contributed by atoms with Crippen LogP contribution >= 0.6 is 0 Å². The summed E-state index contributed by atoms with van der Waals surface area (Å²) in [6.45, 7) is 5.37. The van der Waals surface area contributed by atoms with Gasteiger partial charge in [0.1, 0.15) is 0 Å². The van der Waals surface area contributed by atoms with Gasteiger partial charge in [0.25, 0.3) is 0 Å². The molecular weight excluding hydrogens is 266 g/mol. The normalized spacial score (nSPS) is 14.0. The summed E-state index contributed by atoms with van der Waals surface area (Å²) in [5.41, 5.74) is 8.45. The Balaban J connectivity index is 2.67. The first-order valence-corrected chi connectivity index (χ1v) is 7.23. The van der Waals surface area contributed by atoms with Crippen LogP contribution in [-0.2, 0) is 9.53 Å². The molecule has 0 aliphatic heterocycles. The van der Waals surface area contributed by atoms with Crippen molar-refractivity contribution in [2.45, 2.75) is 25.9 Å². The molecule has 5 nitrogen and oxygen atoms in total. The first-order chi connectivity index (χ1) is 9.95. The topological polar surface area (TPSA) is 67.6 Å². The molecule has 5 heteroatoms. The number of nitrogens with one attached hydrogen (secondary N) is 1. The molecule has 118 valence electrons. The summed E-state index contributed by atoms with van der Waals surface area (Å²) in [6.07, 6.45) is 0. The molecule has 2 atom stereocenters. The quantitative estimate of drug-likeness (QED) is 0.704. The fourth-order valence-electron chi connectivity index (χ4n) is 2.40. The van der Waals surface area contributed by atoms with E-state index < -0.39 is 0 Å². The van der Waals surface area contributed by atoms with Crippen LogP contribution in [0.25, 0.3) is 0 Å². The van der Waals surface area contributed by atoms with Crippen molar-refractivity contribution >= 4 is 5.91 Å². The smallest absolute Gasteiger partial charge is 0.234 e. The molecule has 0 spiro atoms. The number of ether oxygens (including phenoxy) is 1. The monoisotopic (exact) mass is 293 g/mol. The summed E-state index contributed by atoms with van der Waals surface area (Å²) in [5.74, 6) is -0.0210. The Morgan fingerprint density at radius 1 is 1.38 bits per heavy atom. The van der Waals surface area contributed by atoms with E-state index >= 15 is 0 Å². The maximum absolute atomic E-state index is 11.9. The van der Waals surface area contributed by atoms with E-state index in [1.165, 1.54) is 5.56 Å². The minimum atomic E-state index is -0.0653. The molecule has 0 heterocycles. The zero-order valence-corrected chi connectivity index (χ0v) is 13.4. The van der Waals surface area contributed by atoms with Crippen molar-refractivity contribution in [2.24, 2.45) is 5.73 Å². The third-order valence-electron chi connectivity index (χ3n) is 3.41. The number of aryl methyl sites for hydroxylation is 1. The van der Waals surface area contributed by atoms with Crippen LogP contribution < -0.4 is 11.1 Å². The SMILES string of the molecule is COCCNC(=O)CN(C)C(c1ccc(C)cc1)C(C)N. The van der Waals surface area contributed by atoms with Crippen LogP contribution in [0.2, 0.25) is 0 Å². The number of nitrogens with two attached hydrogens (primary N) is 1. The van der Waals surface area contributed by atoms with Crippen molar-refractivity contribution in [1.82, 2.24) is 10.2 Å². The predicted octanol–water partition coefficient (Wildman–Crippen LogP) is 1.08. The molecule has 0 radical (unpaired) electrons. The molecule has 21 heavy (non-hydrogen) atoms. The largest absolute Gasteiger partial charge is 0.383 e. The zero-order valence-electron chi connectivity index (χ0n) is 13.4. The highest BCUT2D eigenvalue weighted by Crippen LogP contribution is 2.22. The molecule has 1 amide bonds. The summed E-state index contributed by atoms with van der Waals surface area (Å²) in [7, 11) is 3.53. The molecule has 2 unspecified atom stereocenters. The minimum absolute atomic E-state index is 0.0128. The van der Waals surface area contributed by atoms with Gasteiger partial charge in [-0.05, 0) is 26.5 Å². The lowest BCUT2D eigenvalue weighted by atomic mass is 9.98. The van der Waals surface area contributed by atoms with Crippen LogP contribution in [0.15, 0.2) is 24.3 Å². The fraction of sp³-hybridized carbons (Fsp3) is 0.562. The van der Waals surface area contributed by atoms with E-state index in [9.17, 15) is 4.79 Å². The molecule has 0 bridgehead atoms. The molecule has 1 rings (SSSR count). The van der Waals surface area contributed by atoms with E-state index in [0.717, 1.165) is 5.56 Å². The van der Waals surface area contributed by atoms with Crippen molar-refractivity contribution in [3.05, 3.63) is 35.4 Å². The van der Waals surface area contributed by atoms with Gasteiger partial charge in [-0.3, -0.25) is 9.69 Å². The number of rotatable bonds is 8. The van der Waals surface area contributed by atoms with Gasteiger partial charge in [-0.1, -0.05) is 29.8 Å². The molecule has 0 saturated carbocycles. The van der Waals surface area contributed by atoms with Crippen molar-refractivity contribution in [3.8, 4) is 0 Å². The molecule has 0 saturated heterocycles. The number of amides is 1. The summed E-state index contributed by atoms with van der Waals surface area (Å²) >= 11 is 0. The molecule has 1 aromatic rings. The maximum Gasteiger partial charge on any atom is 0.234 e. The molecule has 0 aliphatic carbocycles. The van der Waals surface area contributed by atoms with Crippen LogP contribution in [0.4, 0.5) is 0 Å². The second kappa shape index (κ2) is 8.77. The Labute approximate surface area is 127 Å². The average Bonchev–Trinajstić information content (AvgIpc) is 2.41. The van der Waals surface area contributed by atoms with E-state index in [0.29, 0.717) is 19.7 Å². The highest BCUT2D eigenvalue weighted by molar-refractivity contribution is 5.78. The Morgan fingerprint density at radius 3 is 2.52 bits per heavy atom. The molecule has 0 fully saturated rings. The number of carbonyl (C=O) groups excluding carboxylic acids is 1. The van der Waals surface area contributed by atoms with Gasteiger partial charge in [-0.2, -0.15) is 0 Å². The lowest BCUT2D eigenvalue weighted by Gasteiger charge is -2.31. The Morgan fingerprint density at radius 2 is 2.00 bits per heavy atom. The van der Waals surface area contributed by atoms with Crippen LogP contribution in [0.3, 0.4) is 0 Å². The van der Waals surface area contributed by atoms with Crippen molar-refractivity contribution < 1.29 is 9.53 Å². The van der Waals surface area contributed by atoms with Gasteiger partial charge in [-0.15, -0.1) is 0 Å². The molecule has 0 aliphatic rings. The lowest BCUT2D eigenvalue weighted by Crippen LogP contribution is -2.43. The number of methoxy groups -OCH3 is 1. The standard InChI is InChI=1S/C16H27N3O2/c1-12-5-7-14(8-6-12)16(13(2)17)19(3)11-15(20)18-9-10-21-4/h5-8,13,16H,9-11,17H2,1-4H3,(H,18,20). The molecule has 0 aromatic heterocycles. The van der Waals surface area contributed by atoms with Gasteiger partial charge in [0.15, 0.2) is 0 Å². The van der Waals surface area contributed by atoms with Gasteiger partial charge < -0.3 is 15.8 Å². The predicted molar refractivity (Wildman–Crippen MR) is 85.1 cm³/mol. The van der Waals surface area contributed by atoms with Gasteiger partial charge in [0.2, 0.25) is 5.91 Å². The van der Waals surface area contributed by atoms with Gasteiger partial charge >= 0.3 is 0 Å². The second-order valence-corrected chi connectivity index (χ2v) is 5.47. The average molecular weight is 293 g/mol. The highest BCUT2D eigenvalue weighted by atomic mass is 16.5. The second-order valence-electron chi connectivity index (χ2n) is 5.47.